The molecule has 9 nitrogen and oxygen atoms in total. The highest BCUT2D eigenvalue weighted by molar-refractivity contribution is 6.06. The summed E-state index contributed by atoms with van der Waals surface area (Å²) in [5.41, 5.74) is 2.76. The Balaban J connectivity index is 1.19. The van der Waals surface area contributed by atoms with Gasteiger partial charge in [-0.25, -0.2) is 4.98 Å². The SMILES string of the molecule is O=C(Nc1ccc2ncn(-c3cccc(O)c3)c(=O)c2c1)c1cccc(NC(=O)C2Cc3ccccc3O2)c1. The van der Waals surface area contributed by atoms with Gasteiger partial charge in [-0.3, -0.25) is 19.0 Å². The van der Waals surface area contributed by atoms with E-state index in [0.717, 1.165) is 5.56 Å². The monoisotopic (exact) mass is 518 g/mol. The van der Waals surface area contributed by atoms with E-state index in [0.29, 0.717) is 45.7 Å². The Bertz CT molecular complexity index is 1790. The standard InChI is InChI=1S/C30H22N4O5/c35-23-9-4-8-22(16-23)34-17-31-25-12-11-21(15-24(25)30(34)38)32-28(36)19-6-3-7-20(13-19)33-29(37)27-14-18-5-1-2-10-26(18)39-27/h1-13,15-17,27,35H,14H2,(H,32,36)(H,33,37). The summed E-state index contributed by atoms with van der Waals surface area (Å²) >= 11 is 0. The molecule has 1 aliphatic rings. The first kappa shape index (κ1) is 23.9. The summed E-state index contributed by atoms with van der Waals surface area (Å²) in [4.78, 5) is 43.3. The molecular weight excluding hydrogens is 496 g/mol. The molecule has 2 heterocycles. The van der Waals surface area contributed by atoms with Crippen LogP contribution in [0.1, 0.15) is 15.9 Å². The first-order chi connectivity index (χ1) is 18.9. The molecule has 0 saturated heterocycles. The van der Waals surface area contributed by atoms with E-state index in [1.54, 1.807) is 54.6 Å². The van der Waals surface area contributed by atoms with Gasteiger partial charge in [0, 0.05) is 29.4 Å². The number of carbonyl (C=O) groups is 2. The van der Waals surface area contributed by atoms with E-state index in [4.69, 9.17) is 4.74 Å². The van der Waals surface area contributed by atoms with Gasteiger partial charge in [0.2, 0.25) is 0 Å². The molecule has 2 amide bonds. The minimum absolute atomic E-state index is 0.0276. The molecule has 1 unspecified atom stereocenters. The maximum absolute atomic E-state index is 13.2. The number of fused-ring (bicyclic) bond motifs is 2. The van der Waals surface area contributed by atoms with Gasteiger partial charge >= 0.3 is 0 Å². The highest BCUT2D eigenvalue weighted by Crippen LogP contribution is 2.29. The molecule has 4 aromatic carbocycles. The topological polar surface area (TPSA) is 123 Å². The van der Waals surface area contributed by atoms with E-state index in [-0.39, 0.29) is 17.2 Å². The van der Waals surface area contributed by atoms with E-state index < -0.39 is 12.0 Å². The Morgan fingerprint density at radius 2 is 1.72 bits per heavy atom. The van der Waals surface area contributed by atoms with Crippen molar-refractivity contribution in [2.45, 2.75) is 12.5 Å². The van der Waals surface area contributed by atoms with Crippen LogP contribution < -0.4 is 20.9 Å². The third-order valence-electron chi connectivity index (χ3n) is 6.46. The Morgan fingerprint density at radius 1 is 0.897 bits per heavy atom. The van der Waals surface area contributed by atoms with Crippen LogP contribution in [0, 0.1) is 0 Å². The van der Waals surface area contributed by atoms with Gasteiger partial charge in [-0.1, -0.05) is 30.3 Å². The molecule has 1 aliphatic heterocycles. The van der Waals surface area contributed by atoms with Crippen LogP contribution >= 0.6 is 0 Å². The maximum Gasteiger partial charge on any atom is 0.265 e. The minimum atomic E-state index is -0.644. The van der Waals surface area contributed by atoms with Crippen LogP contribution in [0.15, 0.2) is 102 Å². The molecule has 3 N–H and O–H groups in total. The number of ether oxygens (including phenoxy) is 1. The van der Waals surface area contributed by atoms with Gasteiger partial charge in [-0.05, 0) is 60.2 Å². The van der Waals surface area contributed by atoms with Gasteiger partial charge in [0.05, 0.1) is 16.6 Å². The number of para-hydroxylation sites is 1. The molecule has 1 aromatic heterocycles. The number of hydrogen-bond acceptors (Lipinski definition) is 6. The van der Waals surface area contributed by atoms with Crippen LogP contribution in [-0.2, 0) is 11.2 Å². The van der Waals surface area contributed by atoms with Crippen molar-refractivity contribution in [2.24, 2.45) is 0 Å². The third kappa shape index (κ3) is 4.80. The van der Waals surface area contributed by atoms with Crippen LogP contribution in [0.3, 0.4) is 0 Å². The number of phenolic OH excluding ortho intramolecular Hbond substituents is 1. The first-order valence-corrected chi connectivity index (χ1v) is 12.2. The largest absolute Gasteiger partial charge is 0.508 e. The average molecular weight is 519 g/mol. The number of aromatic nitrogens is 2. The molecular formula is C30H22N4O5. The van der Waals surface area contributed by atoms with Crippen molar-refractivity contribution in [2.75, 3.05) is 10.6 Å². The van der Waals surface area contributed by atoms with E-state index in [9.17, 15) is 19.5 Å². The number of nitrogens with one attached hydrogen (secondary N) is 2. The van der Waals surface area contributed by atoms with Crippen LogP contribution in [0.2, 0.25) is 0 Å². The molecule has 1 atom stereocenters. The lowest BCUT2D eigenvalue weighted by molar-refractivity contribution is -0.122. The number of hydrogen-bond donors (Lipinski definition) is 3. The summed E-state index contributed by atoms with van der Waals surface area (Å²) in [6, 6.07) is 25.3. The zero-order chi connectivity index (χ0) is 26.9. The Kier molecular flexibility index (Phi) is 6.01. The number of anilines is 2. The molecule has 192 valence electrons. The second-order valence-electron chi connectivity index (χ2n) is 9.11. The summed E-state index contributed by atoms with van der Waals surface area (Å²) in [5.74, 6) is 0.0193. The van der Waals surface area contributed by atoms with Crippen molar-refractivity contribution in [3.05, 3.63) is 119 Å². The summed E-state index contributed by atoms with van der Waals surface area (Å²) in [5, 5.41) is 15.7. The lowest BCUT2D eigenvalue weighted by Gasteiger charge is -2.12. The summed E-state index contributed by atoms with van der Waals surface area (Å²) in [6.07, 6.45) is 1.23. The highest BCUT2D eigenvalue weighted by atomic mass is 16.5. The van der Waals surface area contributed by atoms with Crippen LogP contribution in [0.5, 0.6) is 11.5 Å². The van der Waals surface area contributed by atoms with Gasteiger partial charge in [0.15, 0.2) is 6.10 Å². The fourth-order valence-electron chi connectivity index (χ4n) is 4.52. The van der Waals surface area contributed by atoms with Gasteiger partial charge in [-0.2, -0.15) is 0 Å². The fourth-order valence-corrected chi connectivity index (χ4v) is 4.52. The maximum atomic E-state index is 13.2. The van der Waals surface area contributed by atoms with Crippen LogP contribution in [0.25, 0.3) is 16.6 Å². The van der Waals surface area contributed by atoms with Crippen molar-refractivity contribution in [3.8, 4) is 17.2 Å². The van der Waals surface area contributed by atoms with Crippen LogP contribution in [0.4, 0.5) is 11.4 Å². The number of benzene rings is 4. The summed E-state index contributed by atoms with van der Waals surface area (Å²) in [7, 11) is 0. The Hall–Kier alpha value is -5.44. The van der Waals surface area contributed by atoms with E-state index in [1.165, 1.54) is 23.0 Å². The lowest BCUT2D eigenvalue weighted by atomic mass is 10.1. The Labute approximate surface area is 222 Å². The second-order valence-corrected chi connectivity index (χ2v) is 9.11. The zero-order valence-electron chi connectivity index (χ0n) is 20.5. The normalized spacial score (nSPS) is 13.9. The second kappa shape index (κ2) is 9.79. The highest BCUT2D eigenvalue weighted by Gasteiger charge is 2.28. The predicted molar refractivity (Wildman–Crippen MR) is 147 cm³/mol. The molecule has 39 heavy (non-hydrogen) atoms. The molecule has 0 saturated carbocycles. The zero-order valence-corrected chi connectivity index (χ0v) is 20.5. The quantitative estimate of drug-likeness (QED) is 0.319. The lowest BCUT2D eigenvalue weighted by Crippen LogP contribution is -2.31. The summed E-state index contributed by atoms with van der Waals surface area (Å²) in [6.45, 7) is 0. The molecule has 6 rings (SSSR count). The Morgan fingerprint density at radius 3 is 2.56 bits per heavy atom. The number of nitrogens with zero attached hydrogens (tertiary/aromatic N) is 2. The fraction of sp³-hybridized carbons (Fsp3) is 0.0667. The molecule has 0 aliphatic carbocycles. The molecule has 5 aromatic rings. The number of amides is 2. The van der Waals surface area contributed by atoms with Crippen molar-refractivity contribution in [1.82, 2.24) is 9.55 Å². The molecule has 0 fully saturated rings. The van der Waals surface area contributed by atoms with Gasteiger partial charge < -0.3 is 20.5 Å². The predicted octanol–water partition coefficient (Wildman–Crippen LogP) is 4.29. The van der Waals surface area contributed by atoms with Gasteiger partial charge in [-0.15, -0.1) is 0 Å². The van der Waals surface area contributed by atoms with Crippen molar-refractivity contribution in [1.29, 1.82) is 0 Å². The van der Waals surface area contributed by atoms with Crippen LogP contribution in [-0.4, -0.2) is 32.6 Å². The van der Waals surface area contributed by atoms with Gasteiger partial charge in [0.25, 0.3) is 17.4 Å². The van der Waals surface area contributed by atoms with Crippen molar-refractivity contribution >= 4 is 34.1 Å². The number of rotatable bonds is 5. The minimum Gasteiger partial charge on any atom is -0.508 e. The van der Waals surface area contributed by atoms with Gasteiger partial charge in [0.1, 0.15) is 17.8 Å². The first-order valence-electron chi connectivity index (χ1n) is 12.2. The van der Waals surface area contributed by atoms with Crippen molar-refractivity contribution in [3.63, 3.8) is 0 Å². The number of carbonyl (C=O) groups excluding carboxylic acids is 2. The van der Waals surface area contributed by atoms with E-state index >= 15 is 0 Å². The summed E-state index contributed by atoms with van der Waals surface area (Å²) < 4.78 is 7.07. The van der Waals surface area contributed by atoms with E-state index in [2.05, 4.69) is 15.6 Å². The molecule has 0 spiro atoms. The number of aromatic hydroxyl groups is 1. The molecule has 9 heteroatoms. The smallest absolute Gasteiger partial charge is 0.265 e. The number of phenols is 1. The molecule has 0 bridgehead atoms. The third-order valence-corrected chi connectivity index (χ3v) is 6.46. The van der Waals surface area contributed by atoms with Crippen molar-refractivity contribution < 1.29 is 19.4 Å². The molecule has 0 radical (unpaired) electrons. The van der Waals surface area contributed by atoms with E-state index in [1.807, 2.05) is 24.3 Å². The average Bonchev–Trinajstić information content (AvgIpc) is 3.38.